The topological polar surface area (TPSA) is 58.6 Å². The first-order chi connectivity index (χ1) is 15.6. The van der Waals surface area contributed by atoms with Crippen LogP contribution in [0.15, 0.2) is 48.5 Å². The summed E-state index contributed by atoms with van der Waals surface area (Å²) in [5.41, 5.74) is 2.24. The minimum absolute atomic E-state index is 0.0452. The van der Waals surface area contributed by atoms with E-state index in [0.717, 1.165) is 25.2 Å². The third-order valence-corrected chi connectivity index (χ3v) is 5.55. The number of unbranched alkanes of at least 4 members (excludes halogenated alkanes) is 4. The predicted octanol–water partition coefficient (Wildman–Crippen LogP) is 5.49. The van der Waals surface area contributed by atoms with Crippen LogP contribution in [0.1, 0.15) is 78.7 Å². The van der Waals surface area contributed by atoms with Crippen LogP contribution in [0, 0.1) is 0 Å². The zero-order valence-corrected chi connectivity index (χ0v) is 19.9. The highest BCUT2D eigenvalue weighted by atomic mass is 16.5. The molecule has 1 N–H and O–H groups in total. The van der Waals surface area contributed by atoms with Gasteiger partial charge in [0.1, 0.15) is 5.75 Å². The van der Waals surface area contributed by atoms with Crippen molar-refractivity contribution in [2.24, 2.45) is 0 Å². The Morgan fingerprint density at radius 2 is 1.53 bits per heavy atom. The van der Waals surface area contributed by atoms with E-state index in [9.17, 15) is 9.59 Å². The Kier molecular flexibility index (Phi) is 11.5. The van der Waals surface area contributed by atoms with Gasteiger partial charge in [0.2, 0.25) is 0 Å². The van der Waals surface area contributed by atoms with E-state index >= 15 is 0 Å². The Balaban J connectivity index is 1.95. The molecule has 2 aromatic rings. The molecule has 0 heterocycles. The van der Waals surface area contributed by atoms with Crippen molar-refractivity contribution in [3.63, 3.8) is 0 Å². The number of Topliss-reactive ketones (excluding diaryl/α,β-unsaturated/α-hetero) is 1. The second-order valence-electron chi connectivity index (χ2n) is 8.23. The van der Waals surface area contributed by atoms with Gasteiger partial charge in [0.15, 0.2) is 5.78 Å². The number of ketones is 1. The highest BCUT2D eigenvalue weighted by Crippen LogP contribution is 2.14. The number of methoxy groups -OCH3 is 1. The summed E-state index contributed by atoms with van der Waals surface area (Å²) in [4.78, 5) is 27.6. The molecule has 0 fully saturated rings. The van der Waals surface area contributed by atoms with Crippen molar-refractivity contribution < 1.29 is 14.3 Å². The Morgan fingerprint density at radius 1 is 0.875 bits per heavy atom. The first kappa shape index (κ1) is 25.6. The summed E-state index contributed by atoms with van der Waals surface area (Å²) >= 11 is 0. The molecule has 5 nitrogen and oxygen atoms in total. The highest BCUT2D eigenvalue weighted by molar-refractivity contribution is 6.02. The molecule has 0 bridgehead atoms. The van der Waals surface area contributed by atoms with Crippen LogP contribution in [-0.4, -0.2) is 43.3 Å². The van der Waals surface area contributed by atoms with Crippen LogP contribution in [0.2, 0.25) is 0 Å². The average Bonchev–Trinajstić information content (AvgIpc) is 2.82. The fraction of sp³-hybridized carbons (Fsp3) is 0.481. The molecular formula is C27H38N2O3. The Bertz CT molecular complexity index is 840. The van der Waals surface area contributed by atoms with Crippen LogP contribution < -0.4 is 10.1 Å². The third kappa shape index (κ3) is 8.83. The SMILES string of the molecule is CCCCCN(CCCCC)Cc1cccc(C(=O)NCC(=O)c2cccc(OC)c2)c1. The molecular weight excluding hydrogens is 400 g/mol. The maximum Gasteiger partial charge on any atom is 0.251 e. The molecule has 0 aromatic heterocycles. The number of amides is 1. The fourth-order valence-corrected chi connectivity index (χ4v) is 3.67. The minimum Gasteiger partial charge on any atom is -0.497 e. The lowest BCUT2D eigenvalue weighted by molar-refractivity contribution is 0.0904. The van der Waals surface area contributed by atoms with Crippen LogP contribution in [0.3, 0.4) is 0 Å². The summed E-state index contributed by atoms with van der Waals surface area (Å²) in [5, 5.41) is 2.76. The molecule has 2 aromatic carbocycles. The maximum absolute atomic E-state index is 12.7. The van der Waals surface area contributed by atoms with Gasteiger partial charge in [0.25, 0.3) is 5.91 Å². The predicted molar refractivity (Wildman–Crippen MR) is 130 cm³/mol. The Labute approximate surface area is 193 Å². The normalized spacial score (nSPS) is 10.9. The second-order valence-corrected chi connectivity index (χ2v) is 8.23. The van der Waals surface area contributed by atoms with Gasteiger partial charge < -0.3 is 10.1 Å². The van der Waals surface area contributed by atoms with Crippen molar-refractivity contribution in [1.29, 1.82) is 0 Å². The number of hydrogen-bond acceptors (Lipinski definition) is 4. The first-order valence-corrected chi connectivity index (χ1v) is 11.8. The van der Waals surface area contributed by atoms with Gasteiger partial charge in [-0.1, -0.05) is 63.8 Å². The smallest absolute Gasteiger partial charge is 0.251 e. The van der Waals surface area contributed by atoms with Gasteiger partial charge in [-0.2, -0.15) is 0 Å². The van der Waals surface area contributed by atoms with Crippen molar-refractivity contribution in [3.05, 3.63) is 65.2 Å². The van der Waals surface area contributed by atoms with Gasteiger partial charge in [-0.3, -0.25) is 14.5 Å². The lowest BCUT2D eigenvalue weighted by atomic mass is 10.1. The van der Waals surface area contributed by atoms with Crippen molar-refractivity contribution in [3.8, 4) is 5.75 Å². The summed E-state index contributed by atoms with van der Waals surface area (Å²) < 4.78 is 5.16. The van der Waals surface area contributed by atoms with E-state index < -0.39 is 0 Å². The summed E-state index contributed by atoms with van der Waals surface area (Å²) in [6.45, 7) is 7.42. The highest BCUT2D eigenvalue weighted by Gasteiger charge is 2.12. The molecule has 32 heavy (non-hydrogen) atoms. The number of nitrogens with zero attached hydrogens (tertiary/aromatic N) is 1. The van der Waals surface area contributed by atoms with E-state index in [1.165, 1.54) is 38.5 Å². The quantitative estimate of drug-likeness (QED) is 0.295. The van der Waals surface area contributed by atoms with Gasteiger partial charge in [-0.15, -0.1) is 0 Å². The van der Waals surface area contributed by atoms with Crippen molar-refractivity contribution in [2.45, 2.75) is 58.9 Å². The molecule has 0 radical (unpaired) electrons. The van der Waals surface area contributed by atoms with E-state index in [2.05, 4.69) is 30.1 Å². The molecule has 0 aliphatic carbocycles. The third-order valence-electron chi connectivity index (χ3n) is 5.55. The summed E-state index contributed by atoms with van der Waals surface area (Å²) in [7, 11) is 1.56. The van der Waals surface area contributed by atoms with Crippen LogP contribution in [0.25, 0.3) is 0 Å². The molecule has 0 aliphatic heterocycles. The van der Waals surface area contributed by atoms with E-state index in [1.54, 1.807) is 37.4 Å². The van der Waals surface area contributed by atoms with Gasteiger partial charge in [0, 0.05) is 17.7 Å². The minimum atomic E-state index is -0.230. The van der Waals surface area contributed by atoms with Gasteiger partial charge in [0.05, 0.1) is 13.7 Å². The van der Waals surface area contributed by atoms with Crippen molar-refractivity contribution in [1.82, 2.24) is 10.2 Å². The first-order valence-electron chi connectivity index (χ1n) is 11.8. The molecule has 5 heteroatoms. The molecule has 2 rings (SSSR count). The van der Waals surface area contributed by atoms with Crippen LogP contribution in [0.4, 0.5) is 0 Å². The van der Waals surface area contributed by atoms with E-state index in [1.807, 2.05) is 12.1 Å². The fourth-order valence-electron chi connectivity index (χ4n) is 3.67. The second kappa shape index (κ2) is 14.4. The van der Waals surface area contributed by atoms with Gasteiger partial charge >= 0.3 is 0 Å². The molecule has 1 amide bonds. The Hall–Kier alpha value is -2.66. The Morgan fingerprint density at radius 3 is 2.19 bits per heavy atom. The summed E-state index contributed by atoms with van der Waals surface area (Å²) in [5.74, 6) is 0.246. The average molecular weight is 439 g/mol. The zero-order chi connectivity index (χ0) is 23.2. The summed E-state index contributed by atoms with van der Waals surface area (Å²) in [6.07, 6.45) is 7.33. The maximum atomic E-state index is 12.7. The van der Waals surface area contributed by atoms with E-state index in [-0.39, 0.29) is 18.2 Å². The lowest BCUT2D eigenvalue weighted by Gasteiger charge is -2.22. The molecule has 0 spiro atoms. The number of carbonyl (C=O) groups is 2. The lowest BCUT2D eigenvalue weighted by Crippen LogP contribution is -2.30. The van der Waals surface area contributed by atoms with Gasteiger partial charge in [-0.05, 0) is 55.8 Å². The van der Waals surface area contributed by atoms with Gasteiger partial charge in [-0.25, -0.2) is 0 Å². The number of hydrogen-bond donors (Lipinski definition) is 1. The number of benzene rings is 2. The van der Waals surface area contributed by atoms with Crippen LogP contribution in [-0.2, 0) is 6.54 Å². The molecule has 0 saturated carbocycles. The van der Waals surface area contributed by atoms with Crippen LogP contribution >= 0.6 is 0 Å². The number of nitrogens with one attached hydrogen (secondary N) is 1. The van der Waals surface area contributed by atoms with Crippen molar-refractivity contribution >= 4 is 11.7 Å². The summed E-state index contributed by atoms with van der Waals surface area (Å²) in [6, 6.07) is 14.7. The molecule has 174 valence electrons. The number of rotatable bonds is 15. The number of carbonyl (C=O) groups excluding carboxylic acids is 2. The standard InChI is InChI=1S/C27H38N2O3/c1-4-6-8-16-29(17-9-7-5-2)21-22-12-10-14-24(18-22)27(31)28-20-26(30)23-13-11-15-25(19-23)32-3/h10-15,18-19H,4-9,16-17,20-21H2,1-3H3,(H,28,31). The van der Waals surface area contributed by atoms with Crippen LogP contribution in [0.5, 0.6) is 5.75 Å². The largest absolute Gasteiger partial charge is 0.497 e. The zero-order valence-electron chi connectivity index (χ0n) is 19.9. The van der Waals surface area contributed by atoms with E-state index in [4.69, 9.17) is 4.74 Å². The molecule has 0 saturated heterocycles. The molecule has 0 atom stereocenters. The number of ether oxygens (including phenoxy) is 1. The van der Waals surface area contributed by atoms with Crippen molar-refractivity contribution in [2.75, 3.05) is 26.7 Å². The monoisotopic (exact) mass is 438 g/mol. The van der Waals surface area contributed by atoms with E-state index in [0.29, 0.717) is 16.9 Å². The molecule has 0 aliphatic rings. The molecule has 0 unspecified atom stereocenters.